The van der Waals surface area contributed by atoms with Crippen LogP contribution in [0.5, 0.6) is 0 Å². The second-order valence-electron chi connectivity index (χ2n) is 3.70. The molecule has 0 spiro atoms. The average Bonchev–Trinajstić information content (AvgIpc) is 2.29. The molecule has 0 atom stereocenters. The molecule has 86 valence electrons. The number of aryl methyl sites for hydroxylation is 1. The van der Waals surface area contributed by atoms with Crippen molar-refractivity contribution in [3.63, 3.8) is 0 Å². The maximum Gasteiger partial charge on any atom is 0.364 e. The zero-order valence-electron chi connectivity index (χ0n) is 9.14. The Labute approximate surface area is 97.2 Å². The fourth-order valence-electron chi connectivity index (χ4n) is 1.54. The van der Waals surface area contributed by atoms with E-state index < -0.39 is 11.8 Å². The number of carboxylic acid groups (broad SMARTS) is 1. The summed E-state index contributed by atoms with van der Waals surface area (Å²) in [6.45, 7) is 1.89. The normalized spacial score (nSPS) is 11.8. The van der Waals surface area contributed by atoms with Crippen molar-refractivity contribution in [2.24, 2.45) is 0 Å². The molecule has 1 N–H and O–H groups in total. The van der Waals surface area contributed by atoms with E-state index in [4.69, 9.17) is 5.11 Å². The van der Waals surface area contributed by atoms with E-state index in [1.165, 1.54) is 0 Å². The van der Waals surface area contributed by atoms with Gasteiger partial charge in [-0.3, -0.25) is 4.98 Å². The molecule has 0 aliphatic rings. The molecule has 3 nitrogen and oxygen atoms in total. The number of hydrogen-bond donors (Lipinski definition) is 1. The zero-order chi connectivity index (χ0) is 12.4. The highest BCUT2D eigenvalue weighted by Crippen LogP contribution is 2.17. The number of halogens is 1. The van der Waals surface area contributed by atoms with Crippen LogP contribution in [0.25, 0.3) is 17.0 Å². The van der Waals surface area contributed by atoms with Gasteiger partial charge < -0.3 is 5.11 Å². The van der Waals surface area contributed by atoms with Crippen LogP contribution in [0.15, 0.2) is 36.2 Å². The van der Waals surface area contributed by atoms with E-state index in [0.717, 1.165) is 22.7 Å². The number of aliphatic carboxylic acids is 1. The van der Waals surface area contributed by atoms with Gasteiger partial charge in [-0.15, -0.1) is 0 Å². The number of carboxylic acids is 1. The quantitative estimate of drug-likeness (QED) is 0.808. The van der Waals surface area contributed by atoms with Gasteiger partial charge in [-0.1, -0.05) is 12.1 Å². The SMILES string of the molecule is Cc1ccc2cc(/C=C(/F)C(=O)O)ccc2n1. The van der Waals surface area contributed by atoms with E-state index in [0.29, 0.717) is 5.56 Å². The van der Waals surface area contributed by atoms with Crippen molar-refractivity contribution in [3.8, 4) is 0 Å². The van der Waals surface area contributed by atoms with Gasteiger partial charge in [0, 0.05) is 11.1 Å². The van der Waals surface area contributed by atoms with E-state index >= 15 is 0 Å². The second kappa shape index (κ2) is 4.33. The van der Waals surface area contributed by atoms with Gasteiger partial charge in [0.1, 0.15) is 0 Å². The maximum absolute atomic E-state index is 12.9. The zero-order valence-corrected chi connectivity index (χ0v) is 9.14. The summed E-state index contributed by atoms with van der Waals surface area (Å²) >= 11 is 0. The molecule has 0 unspecified atom stereocenters. The molecule has 0 saturated heterocycles. The Balaban J connectivity index is 2.49. The molecule has 1 aromatic heterocycles. The van der Waals surface area contributed by atoms with E-state index in [1.54, 1.807) is 18.2 Å². The fraction of sp³-hybridized carbons (Fsp3) is 0.0769. The summed E-state index contributed by atoms with van der Waals surface area (Å²) in [5.41, 5.74) is 2.21. The fourth-order valence-corrected chi connectivity index (χ4v) is 1.54. The predicted octanol–water partition coefficient (Wildman–Crippen LogP) is 2.94. The van der Waals surface area contributed by atoms with Gasteiger partial charge >= 0.3 is 5.97 Å². The predicted molar refractivity (Wildman–Crippen MR) is 63.2 cm³/mol. The molecule has 0 aliphatic heterocycles. The van der Waals surface area contributed by atoms with Crippen LogP contribution in [0.4, 0.5) is 4.39 Å². The third-order valence-corrected chi connectivity index (χ3v) is 2.35. The molecular formula is C13H10FNO2. The van der Waals surface area contributed by atoms with Crippen LogP contribution < -0.4 is 0 Å². The first-order valence-corrected chi connectivity index (χ1v) is 5.04. The van der Waals surface area contributed by atoms with Gasteiger partial charge in [0.05, 0.1) is 5.52 Å². The van der Waals surface area contributed by atoms with E-state index in [-0.39, 0.29) is 0 Å². The van der Waals surface area contributed by atoms with Crippen LogP contribution >= 0.6 is 0 Å². The topological polar surface area (TPSA) is 50.2 Å². The van der Waals surface area contributed by atoms with Gasteiger partial charge in [0.15, 0.2) is 0 Å². The number of fused-ring (bicyclic) bond motifs is 1. The van der Waals surface area contributed by atoms with Crippen molar-refractivity contribution in [1.29, 1.82) is 0 Å². The summed E-state index contributed by atoms with van der Waals surface area (Å²) in [6, 6.07) is 8.79. The smallest absolute Gasteiger partial charge is 0.364 e. The molecule has 0 radical (unpaired) electrons. The first-order chi connectivity index (χ1) is 8.06. The highest BCUT2D eigenvalue weighted by molar-refractivity contribution is 5.90. The van der Waals surface area contributed by atoms with Crippen molar-refractivity contribution < 1.29 is 14.3 Å². The largest absolute Gasteiger partial charge is 0.476 e. The van der Waals surface area contributed by atoms with Gasteiger partial charge in [-0.2, -0.15) is 4.39 Å². The molecule has 0 aliphatic carbocycles. The average molecular weight is 231 g/mol. The van der Waals surface area contributed by atoms with Gasteiger partial charge in [-0.25, -0.2) is 4.79 Å². The molecule has 1 heterocycles. The van der Waals surface area contributed by atoms with Crippen molar-refractivity contribution >= 4 is 22.9 Å². The number of rotatable bonds is 2. The Hall–Kier alpha value is -2.23. The van der Waals surface area contributed by atoms with Crippen LogP contribution in [0.3, 0.4) is 0 Å². The molecule has 0 amide bonds. The molecule has 2 rings (SSSR count). The number of aromatic nitrogens is 1. The molecule has 1 aromatic carbocycles. The third-order valence-electron chi connectivity index (χ3n) is 2.35. The van der Waals surface area contributed by atoms with Crippen molar-refractivity contribution in [2.45, 2.75) is 6.92 Å². The van der Waals surface area contributed by atoms with Crippen LogP contribution in [0.2, 0.25) is 0 Å². The lowest BCUT2D eigenvalue weighted by Crippen LogP contribution is -1.94. The summed E-state index contributed by atoms with van der Waals surface area (Å²) in [5, 5.41) is 9.29. The lowest BCUT2D eigenvalue weighted by molar-refractivity contribution is -0.134. The lowest BCUT2D eigenvalue weighted by Gasteiger charge is -2.00. The lowest BCUT2D eigenvalue weighted by atomic mass is 10.1. The summed E-state index contributed by atoms with van der Waals surface area (Å²) < 4.78 is 12.9. The minimum atomic E-state index is -1.56. The second-order valence-corrected chi connectivity index (χ2v) is 3.70. The molecule has 0 saturated carbocycles. The third kappa shape index (κ3) is 2.47. The minimum Gasteiger partial charge on any atom is -0.476 e. The van der Waals surface area contributed by atoms with Crippen molar-refractivity contribution in [1.82, 2.24) is 4.98 Å². The molecule has 0 bridgehead atoms. The number of pyridine rings is 1. The summed E-state index contributed by atoms with van der Waals surface area (Å²) in [4.78, 5) is 14.7. The van der Waals surface area contributed by atoms with Crippen molar-refractivity contribution in [3.05, 3.63) is 47.4 Å². The minimum absolute atomic E-state index is 0.503. The van der Waals surface area contributed by atoms with Gasteiger partial charge in [0.25, 0.3) is 0 Å². The monoisotopic (exact) mass is 231 g/mol. The van der Waals surface area contributed by atoms with Gasteiger partial charge in [-0.05, 0) is 36.8 Å². The molecule has 0 fully saturated rings. The van der Waals surface area contributed by atoms with E-state index in [9.17, 15) is 9.18 Å². The van der Waals surface area contributed by atoms with Gasteiger partial charge in [0.2, 0.25) is 5.83 Å². The highest BCUT2D eigenvalue weighted by Gasteiger charge is 2.05. The Morgan fingerprint density at radius 1 is 1.35 bits per heavy atom. The van der Waals surface area contributed by atoms with Crippen molar-refractivity contribution in [2.75, 3.05) is 0 Å². The van der Waals surface area contributed by atoms with Crippen LogP contribution in [-0.2, 0) is 4.79 Å². The summed E-state index contributed by atoms with van der Waals surface area (Å²) in [6.07, 6.45) is 0.988. The first kappa shape index (κ1) is 11.3. The number of carbonyl (C=O) groups is 1. The standard InChI is InChI=1S/C13H10FNO2/c1-8-2-4-10-6-9(3-5-12(10)15-8)7-11(14)13(16)17/h2-7H,1H3,(H,16,17)/b11-7+. The summed E-state index contributed by atoms with van der Waals surface area (Å²) in [5.74, 6) is -2.74. The highest BCUT2D eigenvalue weighted by atomic mass is 19.1. The van der Waals surface area contributed by atoms with E-state index in [1.807, 2.05) is 19.1 Å². The van der Waals surface area contributed by atoms with Crippen LogP contribution in [0, 0.1) is 6.92 Å². The van der Waals surface area contributed by atoms with Crippen LogP contribution in [0.1, 0.15) is 11.3 Å². The first-order valence-electron chi connectivity index (χ1n) is 5.04. The van der Waals surface area contributed by atoms with Crippen LogP contribution in [-0.4, -0.2) is 16.1 Å². The molecule has 17 heavy (non-hydrogen) atoms. The Morgan fingerprint density at radius 3 is 2.82 bits per heavy atom. The number of hydrogen-bond acceptors (Lipinski definition) is 2. The Kier molecular flexibility index (Phi) is 2.87. The number of benzene rings is 1. The van der Waals surface area contributed by atoms with E-state index in [2.05, 4.69) is 4.98 Å². The Bertz CT molecular complexity index is 620. The summed E-state index contributed by atoms with van der Waals surface area (Å²) in [7, 11) is 0. The molecular weight excluding hydrogens is 221 g/mol. The molecule has 2 aromatic rings. The molecule has 4 heteroatoms. The maximum atomic E-state index is 12.9. The Morgan fingerprint density at radius 2 is 2.12 bits per heavy atom. The number of nitrogens with zero attached hydrogens (tertiary/aromatic N) is 1.